The second-order valence-electron chi connectivity index (χ2n) is 4.67. The van der Waals surface area contributed by atoms with E-state index in [9.17, 15) is 4.39 Å². The normalized spacial score (nSPS) is 12.2. The lowest BCUT2D eigenvalue weighted by Crippen LogP contribution is -2.18. The Kier molecular flexibility index (Phi) is 5.53. The Labute approximate surface area is 129 Å². The standard InChI is InChI=1S/C16H18ClFN2O/c1-3-7-21-12-8-11(9-20-10-12)16(19-2)13-5-4-6-14(18)15(13)17/h4-6,8-10,16,19H,3,7H2,1-2H3. The lowest BCUT2D eigenvalue weighted by Gasteiger charge is -2.19. The van der Waals surface area contributed by atoms with Crippen molar-refractivity contribution in [1.29, 1.82) is 0 Å². The van der Waals surface area contributed by atoms with E-state index in [-0.39, 0.29) is 11.1 Å². The minimum absolute atomic E-state index is 0.122. The van der Waals surface area contributed by atoms with Crippen molar-refractivity contribution in [2.75, 3.05) is 13.7 Å². The van der Waals surface area contributed by atoms with Crippen molar-refractivity contribution in [2.24, 2.45) is 0 Å². The van der Waals surface area contributed by atoms with Crippen LogP contribution < -0.4 is 10.1 Å². The molecule has 0 spiro atoms. The summed E-state index contributed by atoms with van der Waals surface area (Å²) in [5.41, 5.74) is 1.55. The van der Waals surface area contributed by atoms with Crippen LogP contribution >= 0.6 is 11.6 Å². The van der Waals surface area contributed by atoms with Gasteiger partial charge in [-0.1, -0.05) is 30.7 Å². The number of halogens is 2. The van der Waals surface area contributed by atoms with Crippen molar-refractivity contribution in [3.8, 4) is 5.75 Å². The fourth-order valence-electron chi connectivity index (χ4n) is 2.14. The average molecular weight is 309 g/mol. The molecule has 2 rings (SSSR count). The highest BCUT2D eigenvalue weighted by molar-refractivity contribution is 6.31. The van der Waals surface area contributed by atoms with Crippen LogP contribution in [0.1, 0.15) is 30.5 Å². The first-order valence-corrected chi connectivity index (χ1v) is 7.24. The van der Waals surface area contributed by atoms with E-state index in [1.165, 1.54) is 6.07 Å². The average Bonchev–Trinajstić information content (AvgIpc) is 2.50. The van der Waals surface area contributed by atoms with Crippen molar-refractivity contribution in [2.45, 2.75) is 19.4 Å². The molecule has 0 bridgehead atoms. The molecule has 1 atom stereocenters. The van der Waals surface area contributed by atoms with Crippen LogP contribution in [0.4, 0.5) is 4.39 Å². The van der Waals surface area contributed by atoms with Gasteiger partial charge in [0, 0.05) is 6.20 Å². The SMILES string of the molecule is CCCOc1cncc(C(NC)c2cccc(F)c2Cl)c1. The van der Waals surface area contributed by atoms with Crippen LogP contribution in [0.5, 0.6) is 5.75 Å². The van der Waals surface area contributed by atoms with Crippen LogP contribution in [-0.4, -0.2) is 18.6 Å². The van der Waals surface area contributed by atoms with Gasteiger partial charge in [-0.15, -0.1) is 0 Å². The molecule has 112 valence electrons. The van der Waals surface area contributed by atoms with Gasteiger partial charge in [-0.25, -0.2) is 4.39 Å². The molecule has 0 aliphatic carbocycles. The third-order valence-electron chi connectivity index (χ3n) is 3.12. The predicted molar refractivity (Wildman–Crippen MR) is 82.3 cm³/mol. The molecular formula is C16H18ClFN2O. The topological polar surface area (TPSA) is 34.1 Å². The summed E-state index contributed by atoms with van der Waals surface area (Å²) in [6.07, 6.45) is 4.32. The van der Waals surface area contributed by atoms with Gasteiger partial charge in [0.2, 0.25) is 0 Å². The summed E-state index contributed by atoms with van der Waals surface area (Å²) < 4.78 is 19.2. The summed E-state index contributed by atoms with van der Waals surface area (Å²) in [4.78, 5) is 4.18. The van der Waals surface area contributed by atoms with Gasteiger partial charge >= 0.3 is 0 Å². The molecule has 0 saturated heterocycles. The summed E-state index contributed by atoms with van der Waals surface area (Å²) in [5, 5.41) is 3.26. The summed E-state index contributed by atoms with van der Waals surface area (Å²) in [6.45, 7) is 2.68. The van der Waals surface area contributed by atoms with Crippen molar-refractivity contribution in [3.05, 3.63) is 58.6 Å². The monoisotopic (exact) mass is 308 g/mol. The highest BCUT2D eigenvalue weighted by atomic mass is 35.5. The molecule has 1 N–H and O–H groups in total. The summed E-state index contributed by atoms with van der Waals surface area (Å²) >= 11 is 6.07. The van der Waals surface area contributed by atoms with Gasteiger partial charge < -0.3 is 10.1 Å². The molecule has 2 aromatic rings. The van der Waals surface area contributed by atoms with Crippen molar-refractivity contribution < 1.29 is 9.13 Å². The largest absolute Gasteiger partial charge is 0.492 e. The molecule has 1 aromatic heterocycles. The molecule has 0 saturated carbocycles. The number of nitrogens with one attached hydrogen (secondary N) is 1. The minimum Gasteiger partial charge on any atom is -0.492 e. The maximum atomic E-state index is 13.6. The maximum absolute atomic E-state index is 13.6. The maximum Gasteiger partial charge on any atom is 0.142 e. The Hall–Kier alpha value is -1.65. The van der Waals surface area contributed by atoms with Crippen LogP contribution in [-0.2, 0) is 0 Å². The fourth-order valence-corrected chi connectivity index (χ4v) is 2.37. The van der Waals surface area contributed by atoms with E-state index in [1.54, 1.807) is 31.6 Å². The zero-order chi connectivity index (χ0) is 15.2. The predicted octanol–water partition coefficient (Wildman–Crippen LogP) is 3.97. The molecule has 1 aromatic carbocycles. The highest BCUT2D eigenvalue weighted by Gasteiger charge is 2.18. The van der Waals surface area contributed by atoms with Gasteiger partial charge in [0.05, 0.1) is 23.9 Å². The van der Waals surface area contributed by atoms with E-state index in [1.807, 2.05) is 13.0 Å². The van der Waals surface area contributed by atoms with Gasteiger partial charge in [-0.05, 0) is 36.7 Å². The summed E-state index contributed by atoms with van der Waals surface area (Å²) in [7, 11) is 1.80. The van der Waals surface area contributed by atoms with Crippen LogP contribution in [0.25, 0.3) is 0 Å². The van der Waals surface area contributed by atoms with Crippen LogP contribution in [0.15, 0.2) is 36.7 Å². The zero-order valence-corrected chi connectivity index (χ0v) is 12.8. The number of nitrogens with zero attached hydrogens (tertiary/aromatic N) is 1. The second-order valence-corrected chi connectivity index (χ2v) is 5.05. The van der Waals surface area contributed by atoms with Crippen molar-refractivity contribution in [1.82, 2.24) is 10.3 Å². The minimum atomic E-state index is -0.430. The first-order chi connectivity index (χ1) is 10.2. The first-order valence-electron chi connectivity index (χ1n) is 6.86. The Morgan fingerprint density at radius 2 is 2.19 bits per heavy atom. The van der Waals surface area contributed by atoms with E-state index in [0.29, 0.717) is 17.9 Å². The number of hydrogen-bond acceptors (Lipinski definition) is 3. The Bertz CT molecular complexity index is 607. The van der Waals surface area contributed by atoms with Crippen LogP contribution in [0.3, 0.4) is 0 Å². The Morgan fingerprint density at radius 1 is 1.38 bits per heavy atom. The molecule has 21 heavy (non-hydrogen) atoms. The van der Waals surface area contributed by atoms with Gasteiger partial charge in [0.25, 0.3) is 0 Å². The quantitative estimate of drug-likeness (QED) is 0.876. The first kappa shape index (κ1) is 15.7. The Balaban J connectivity index is 2.35. The zero-order valence-electron chi connectivity index (χ0n) is 12.1. The molecule has 3 nitrogen and oxygen atoms in total. The summed E-state index contributed by atoms with van der Waals surface area (Å²) in [6, 6.07) is 6.44. The van der Waals surface area contributed by atoms with E-state index in [0.717, 1.165) is 12.0 Å². The molecule has 0 amide bonds. The van der Waals surface area contributed by atoms with Gasteiger partial charge in [-0.2, -0.15) is 0 Å². The van der Waals surface area contributed by atoms with Crippen LogP contribution in [0.2, 0.25) is 5.02 Å². The number of ether oxygens (including phenoxy) is 1. The number of hydrogen-bond donors (Lipinski definition) is 1. The molecule has 1 unspecified atom stereocenters. The van der Waals surface area contributed by atoms with Gasteiger partial charge in [0.15, 0.2) is 0 Å². The van der Waals surface area contributed by atoms with E-state index in [2.05, 4.69) is 10.3 Å². The molecule has 0 aliphatic heterocycles. The van der Waals surface area contributed by atoms with E-state index in [4.69, 9.17) is 16.3 Å². The van der Waals surface area contributed by atoms with E-state index < -0.39 is 5.82 Å². The Morgan fingerprint density at radius 3 is 2.90 bits per heavy atom. The van der Waals surface area contributed by atoms with Crippen LogP contribution in [0, 0.1) is 5.82 Å². The third kappa shape index (κ3) is 3.71. The lowest BCUT2D eigenvalue weighted by molar-refractivity contribution is 0.315. The number of pyridine rings is 1. The van der Waals surface area contributed by atoms with Gasteiger partial charge in [-0.3, -0.25) is 4.98 Å². The van der Waals surface area contributed by atoms with Crippen molar-refractivity contribution >= 4 is 11.6 Å². The fraction of sp³-hybridized carbons (Fsp3) is 0.312. The molecule has 0 radical (unpaired) electrons. The third-order valence-corrected chi connectivity index (χ3v) is 3.52. The molecular weight excluding hydrogens is 291 g/mol. The summed E-state index contributed by atoms with van der Waals surface area (Å²) in [5.74, 6) is 0.267. The lowest BCUT2D eigenvalue weighted by atomic mass is 10.00. The second kappa shape index (κ2) is 7.38. The van der Waals surface area contributed by atoms with E-state index >= 15 is 0 Å². The molecule has 0 fully saturated rings. The number of benzene rings is 1. The number of rotatable bonds is 6. The molecule has 1 heterocycles. The number of aromatic nitrogens is 1. The van der Waals surface area contributed by atoms with Gasteiger partial charge in [0.1, 0.15) is 11.6 Å². The molecule has 0 aliphatic rings. The molecule has 5 heteroatoms. The highest BCUT2D eigenvalue weighted by Crippen LogP contribution is 2.30. The van der Waals surface area contributed by atoms with Crippen molar-refractivity contribution in [3.63, 3.8) is 0 Å². The smallest absolute Gasteiger partial charge is 0.142 e.